The van der Waals surface area contributed by atoms with E-state index in [0.717, 1.165) is 6.54 Å². The number of hydrogen-bond acceptors (Lipinski definition) is 0. The van der Waals surface area contributed by atoms with Crippen LogP contribution in [0.4, 0.5) is 0 Å². The van der Waals surface area contributed by atoms with Crippen molar-refractivity contribution in [1.29, 1.82) is 0 Å². The van der Waals surface area contributed by atoms with Gasteiger partial charge in [-0.2, -0.15) is 0 Å². The maximum atomic E-state index is 2.57. The van der Waals surface area contributed by atoms with Crippen LogP contribution in [-0.2, 0) is 7.05 Å². The van der Waals surface area contributed by atoms with Crippen molar-refractivity contribution >= 4 is 21.7 Å². The number of benzene rings is 3. The van der Waals surface area contributed by atoms with Crippen LogP contribution in [0.2, 0.25) is 0 Å². The Morgan fingerprint density at radius 1 is 1.07 bits per heavy atom. The van der Waals surface area contributed by atoms with Crippen LogP contribution in [0.1, 0.15) is 45.6 Å². The van der Waals surface area contributed by atoms with Crippen LogP contribution in [0, 0.1) is 10.6 Å². The summed E-state index contributed by atoms with van der Waals surface area (Å²) in [6.45, 7) is 10.5. The number of aryl methyl sites for hydroxylation is 1. The van der Waals surface area contributed by atoms with Crippen molar-refractivity contribution < 1.29 is 0 Å². The van der Waals surface area contributed by atoms with Crippen LogP contribution in [-0.4, -0.2) is 16.7 Å². The van der Waals surface area contributed by atoms with Crippen molar-refractivity contribution in [2.24, 2.45) is 7.05 Å². The fourth-order valence-corrected chi connectivity index (χ4v) is 5.68. The number of rotatable bonds is 1. The third-order valence-electron chi connectivity index (χ3n) is 6.81. The standard InChI is InChI=1S/C26H29N2/c1-6-28-22-14-13-19(15-21(22)17(2)16-26(28,3)4)25-20-11-7-9-18-10-8-12-23(24(18)20)27(25)5/h7-15,17H,6,16H2,1-5H3/q+1. The van der Waals surface area contributed by atoms with Gasteiger partial charge in [0.1, 0.15) is 6.54 Å². The molecule has 5 rings (SSSR count). The second-order valence-electron chi connectivity index (χ2n) is 9.02. The molecule has 2 heterocycles. The summed E-state index contributed by atoms with van der Waals surface area (Å²) >= 11 is 0. The van der Waals surface area contributed by atoms with Crippen LogP contribution in [0.15, 0.2) is 54.6 Å². The molecule has 0 saturated heterocycles. The summed E-state index contributed by atoms with van der Waals surface area (Å²) in [6.07, 6.45) is 1.19. The second kappa shape index (κ2) is 5.94. The van der Waals surface area contributed by atoms with Gasteiger partial charge < -0.3 is 4.57 Å². The lowest BCUT2D eigenvalue weighted by molar-refractivity contribution is 0.273. The fraction of sp³-hybridized carbons (Fsp3) is 0.346. The molecule has 0 aliphatic carbocycles. The van der Waals surface area contributed by atoms with Gasteiger partial charge in [-0.1, -0.05) is 37.3 Å². The summed E-state index contributed by atoms with van der Waals surface area (Å²) in [6, 6.07) is 20.4. The zero-order chi connectivity index (χ0) is 19.6. The van der Waals surface area contributed by atoms with Gasteiger partial charge in [-0.15, -0.1) is 0 Å². The molecule has 1 atom stereocenters. The minimum atomic E-state index is 0.210. The van der Waals surface area contributed by atoms with E-state index in [-0.39, 0.29) is 5.54 Å². The summed E-state index contributed by atoms with van der Waals surface area (Å²) in [4.78, 5) is 0. The fourth-order valence-electron chi connectivity index (χ4n) is 5.68. The summed E-state index contributed by atoms with van der Waals surface area (Å²) in [5.74, 6) is 0.568. The first-order valence-corrected chi connectivity index (χ1v) is 10.5. The molecule has 1 aliphatic heterocycles. The highest BCUT2D eigenvalue weighted by molar-refractivity contribution is 6.09. The average molecular weight is 370 g/mol. The number of fused-ring (bicyclic) bond motifs is 1. The molecule has 3 aromatic carbocycles. The van der Waals surface area contributed by atoms with Gasteiger partial charge in [0.2, 0.25) is 5.36 Å². The topological polar surface area (TPSA) is 7.94 Å². The van der Waals surface area contributed by atoms with E-state index >= 15 is 0 Å². The molecule has 1 aromatic heterocycles. The Hall–Kier alpha value is -2.61. The molecule has 0 radical (unpaired) electrons. The minimum Gasteiger partial charge on any atom is -0.343 e. The molecule has 2 nitrogen and oxygen atoms in total. The molecule has 142 valence electrons. The highest BCUT2D eigenvalue weighted by Crippen LogP contribution is 2.31. The quantitative estimate of drug-likeness (QED) is 0.411. The van der Waals surface area contributed by atoms with Crippen LogP contribution < -0.4 is 9.93 Å². The number of aromatic nitrogens is 1. The lowest BCUT2D eigenvalue weighted by atomic mass is 9.82. The first kappa shape index (κ1) is 17.5. The molecule has 0 amide bonds. The van der Waals surface area contributed by atoms with Gasteiger partial charge in [-0.25, -0.2) is 4.58 Å². The van der Waals surface area contributed by atoms with Crippen molar-refractivity contribution in [2.45, 2.75) is 45.6 Å². The van der Waals surface area contributed by atoms with Crippen molar-refractivity contribution in [1.82, 2.24) is 9.14 Å². The van der Waals surface area contributed by atoms with E-state index in [9.17, 15) is 0 Å². The highest BCUT2D eigenvalue weighted by atomic mass is 15.1. The molecule has 1 unspecified atom stereocenters. The van der Waals surface area contributed by atoms with Gasteiger partial charge in [0.25, 0.3) is 0 Å². The van der Waals surface area contributed by atoms with Gasteiger partial charge >= 0.3 is 0 Å². The summed E-state index contributed by atoms with van der Waals surface area (Å²) in [5, 5.41) is 8.12. The second-order valence-corrected chi connectivity index (χ2v) is 9.02. The van der Waals surface area contributed by atoms with E-state index in [1.54, 1.807) is 0 Å². The molecule has 2 heteroatoms. The summed E-state index contributed by atoms with van der Waals surface area (Å²) in [7, 11) is 2.20. The van der Waals surface area contributed by atoms with E-state index < -0.39 is 0 Å². The molecule has 0 N–H and O–H groups in total. The van der Waals surface area contributed by atoms with Crippen LogP contribution in [0.3, 0.4) is 0 Å². The zero-order valence-electron chi connectivity index (χ0n) is 17.6. The first-order chi connectivity index (χ1) is 13.4. The Morgan fingerprint density at radius 3 is 2.57 bits per heavy atom. The summed E-state index contributed by atoms with van der Waals surface area (Å²) < 4.78 is 4.94. The smallest absolute Gasteiger partial charge is 0.203 e. The molecule has 0 bridgehead atoms. The Morgan fingerprint density at radius 2 is 1.82 bits per heavy atom. The minimum absolute atomic E-state index is 0.210. The molecule has 0 saturated carbocycles. The highest BCUT2D eigenvalue weighted by Gasteiger charge is 2.37. The lowest BCUT2D eigenvalue weighted by Gasteiger charge is -2.30. The number of nitrogens with zero attached hydrogens (tertiary/aromatic N) is 2. The van der Waals surface area contributed by atoms with E-state index in [2.05, 4.69) is 98.5 Å². The van der Waals surface area contributed by atoms with Crippen molar-refractivity contribution in [3.05, 3.63) is 76.1 Å². The normalized spacial score (nSPS) is 20.0. The predicted octanol–water partition coefficient (Wildman–Crippen LogP) is 5.13. The Labute approximate surface area is 166 Å². The lowest BCUT2D eigenvalue weighted by Crippen LogP contribution is -2.52. The van der Waals surface area contributed by atoms with Crippen LogP contribution in [0.25, 0.3) is 21.7 Å². The van der Waals surface area contributed by atoms with Crippen molar-refractivity contribution in [3.8, 4) is 0 Å². The summed E-state index contributed by atoms with van der Waals surface area (Å²) in [5.41, 5.74) is 3.01. The molecule has 1 aliphatic rings. The third-order valence-corrected chi connectivity index (χ3v) is 6.81. The van der Waals surface area contributed by atoms with Gasteiger partial charge in [-0.05, 0) is 55.5 Å². The monoisotopic (exact) mass is 369 g/mol. The van der Waals surface area contributed by atoms with E-state index in [1.807, 2.05) is 0 Å². The van der Waals surface area contributed by atoms with Crippen LogP contribution in [0.5, 0.6) is 0 Å². The molecular weight excluding hydrogens is 340 g/mol. The molecule has 4 aromatic rings. The van der Waals surface area contributed by atoms with Gasteiger partial charge in [-0.3, -0.25) is 0 Å². The average Bonchev–Trinajstić information content (AvgIpc) is 2.96. The number of hydrogen-bond donors (Lipinski definition) is 0. The van der Waals surface area contributed by atoms with Gasteiger partial charge in [0.05, 0.1) is 5.35 Å². The first-order valence-electron chi connectivity index (χ1n) is 10.5. The molecule has 28 heavy (non-hydrogen) atoms. The SMILES string of the molecule is CC[N+]1=c2ccc(=c3c4cccc5cccc(c54)n3C)cc2C(C)CC1(C)C. The largest absolute Gasteiger partial charge is 0.343 e. The molecule has 0 fully saturated rings. The van der Waals surface area contributed by atoms with Crippen molar-refractivity contribution in [2.75, 3.05) is 6.54 Å². The Kier molecular flexibility index (Phi) is 3.71. The van der Waals surface area contributed by atoms with Gasteiger partial charge in [0, 0.05) is 41.4 Å². The Bertz CT molecular complexity index is 1370. The Balaban J connectivity index is 1.98. The predicted molar refractivity (Wildman–Crippen MR) is 119 cm³/mol. The third kappa shape index (κ3) is 2.30. The molecule has 0 spiro atoms. The van der Waals surface area contributed by atoms with E-state index in [4.69, 9.17) is 0 Å². The van der Waals surface area contributed by atoms with E-state index in [1.165, 1.54) is 49.6 Å². The van der Waals surface area contributed by atoms with Crippen molar-refractivity contribution in [3.63, 3.8) is 0 Å². The maximum Gasteiger partial charge on any atom is 0.203 e. The van der Waals surface area contributed by atoms with Crippen LogP contribution >= 0.6 is 0 Å². The maximum absolute atomic E-state index is 2.57. The molecular formula is C26H29N2+. The van der Waals surface area contributed by atoms with E-state index in [0.29, 0.717) is 5.92 Å². The van der Waals surface area contributed by atoms with Gasteiger partial charge in [0.15, 0.2) is 5.54 Å². The zero-order valence-corrected chi connectivity index (χ0v) is 17.6.